The minimum Gasteiger partial charge on any atom is -0.466 e. The Morgan fingerprint density at radius 1 is 0.897 bits per heavy atom. The molecule has 0 spiro atoms. The van der Waals surface area contributed by atoms with Crippen molar-refractivity contribution in [1.29, 1.82) is 0 Å². The predicted octanol–water partition coefficient (Wildman–Crippen LogP) is 4.17. The summed E-state index contributed by atoms with van der Waals surface area (Å²) in [6.07, 6.45) is 0.0925. The smallest absolute Gasteiger partial charge is 0.306 e. The van der Waals surface area contributed by atoms with E-state index < -0.39 is 0 Å². The van der Waals surface area contributed by atoms with Gasteiger partial charge < -0.3 is 4.74 Å². The first kappa shape index (κ1) is 18.9. The van der Waals surface area contributed by atoms with Gasteiger partial charge in [0, 0.05) is 12.5 Å². The first-order chi connectivity index (χ1) is 14.1. The second-order valence-electron chi connectivity index (χ2n) is 7.04. The highest BCUT2D eigenvalue weighted by molar-refractivity contribution is 6.21. The lowest BCUT2D eigenvalue weighted by Crippen LogP contribution is -2.34. The molecule has 5 heteroatoms. The van der Waals surface area contributed by atoms with Gasteiger partial charge >= 0.3 is 5.97 Å². The Hall–Kier alpha value is -3.47. The predicted molar refractivity (Wildman–Crippen MR) is 110 cm³/mol. The van der Waals surface area contributed by atoms with Crippen molar-refractivity contribution in [1.82, 2.24) is 4.90 Å². The molecule has 1 aliphatic rings. The van der Waals surface area contributed by atoms with E-state index in [0.29, 0.717) is 11.1 Å². The number of hydrogen-bond donors (Lipinski definition) is 0. The lowest BCUT2D eigenvalue weighted by molar-refractivity contribution is -0.143. The number of benzene rings is 3. The van der Waals surface area contributed by atoms with Crippen LogP contribution in [0.1, 0.15) is 45.5 Å². The third-order valence-electron chi connectivity index (χ3n) is 5.26. The monoisotopic (exact) mass is 387 g/mol. The van der Waals surface area contributed by atoms with Crippen molar-refractivity contribution in [3.8, 4) is 0 Å². The molecule has 1 aliphatic heterocycles. The SMILES string of the molecule is CCOC(=O)CC(CN1C(=O)c2ccccc2C1=O)c1cccc2ccccc12. The van der Waals surface area contributed by atoms with Gasteiger partial charge in [-0.2, -0.15) is 0 Å². The molecule has 1 unspecified atom stereocenters. The largest absolute Gasteiger partial charge is 0.466 e. The Bertz CT molecular complexity index is 1060. The fourth-order valence-corrected chi connectivity index (χ4v) is 3.93. The number of amides is 2. The summed E-state index contributed by atoms with van der Waals surface area (Å²) in [6.45, 7) is 2.17. The average Bonchev–Trinajstić information content (AvgIpc) is 2.98. The molecule has 29 heavy (non-hydrogen) atoms. The van der Waals surface area contributed by atoms with Gasteiger partial charge in [-0.15, -0.1) is 0 Å². The number of fused-ring (bicyclic) bond motifs is 2. The van der Waals surface area contributed by atoms with Crippen LogP contribution in [0.25, 0.3) is 10.8 Å². The zero-order chi connectivity index (χ0) is 20.4. The van der Waals surface area contributed by atoms with E-state index >= 15 is 0 Å². The number of carbonyl (C=O) groups excluding carboxylic acids is 3. The molecule has 0 saturated heterocycles. The van der Waals surface area contributed by atoms with Crippen LogP contribution in [0.3, 0.4) is 0 Å². The quantitative estimate of drug-likeness (QED) is 0.470. The number of rotatable bonds is 6. The van der Waals surface area contributed by atoms with Gasteiger partial charge in [-0.25, -0.2) is 0 Å². The van der Waals surface area contributed by atoms with Gasteiger partial charge in [0.05, 0.1) is 24.2 Å². The van der Waals surface area contributed by atoms with E-state index in [-0.39, 0.29) is 43.3 Å². The highest BCUT2D eigenvalue weighted by Crippen LogP contribution is 2.32. The van der Waals surface area contributed by atoms with Crippen molar-refractivity contribution in [2.24, 2.45) is 0 Å². The number of esters is 1. The van der Waals surface area contributed by atoms with Crippen LogP contribution in [0.4, 0.5) is 0 Å². The Morgan fingerprint density at radius 2 is 1.52 bits per heavy atom. The molecule has 3 aromatic carbocycles. The maximum Gasteiger partial charge on any atom is 0.306 e. The average molecular weight is 387 g/mol. The van der Waals surface area contributed by atoms with Crippen LogP contribution in [0.2, 0.25) is 0 Å². The van der Waals surface area contributed by atoms with Gasteiger partial charge in [-0.1, -0.05) is 54.6 Å². The molecule has 0 saturated carbocycles. The molecular formula is C24H21NO4. The Kier molecular flexibility index (Phi) is 5.12. The first-order valence-corrected chi connectivity index (χ1v) is 9.68. The molecule has 0 aromatic heterocycles. The van der Waals surface area contributed by atoms with E-state index in [4.69, 9.17) is 4.74 Å². The molecule has 146 valence electrons. The van der Waals surface area contributed by atoms with Crippen molar-refractivity contribution in [3.63, 3.8) is 0 Å². The van der Waals surface area contributed by atoms with E-state index in [1.807, 2.05) is 42.5 Å². The summed E-state index contributed by atoms with van der Waals surface area (Å²) in [6, 6.07) is 20.6. The van der Waals surface area contributed by atoms with Crippen molar-refractivity contribution in [3.05, 3.63) is 83.4 Å². The van der Waals surface area contributed by atoms with Crippen LogP contribution >= 0.6 is 0 Å². The van der Waals surface area contributed by atoms with Crippen LogP contribution in [0, 0.1) is 0 Å². The fourth-order valence-electron chi connectivity index (χ4n) is 3.93. The minimum absolute atomic E-state index is 0.0925. The second-order valence-corrected chi connectivity index (χ2v) is 7.04. The Balaban J connectivity index is 1.71. The number of nitrogens with zero attached hydrogens (tertiary/aromatic N) is 1. The Morgan fingerprint density at radius 3 is 2.21 bits per heavy atom. The number of ether oxygens (including phenoxy) is 1. The first-order valence-electron chi connectivity index (χ1n) is 9.68. The highest BCUT2D eigenvalue weighted by atomic mass is 16.5. The molecule has 0 N–H and O–H groups in total. The van der Waals surface area contributed by atoms with E-state index in [9.17, 15) is 14.4 Å². The third-order valence-corrected chi connectivity index (χ3v) is 5.26. The zero-order valence-electron chi connectivity index (χ0n) is 16.1. The van der Waals surface area contributed by atoms with Crippen molar-refractivity contribution < 1.29 is 19.1 Å². The molecule has 4 rings (SSSR count). The topological polar surface area (TPSA) is 63.7 Å². The molecular weight excluding hydrogens is 366 g/mol. The van der Waals surface area contributed by atoms with Crippen LogP contribution < -0.4 is 0 Å². The summed E-state index contributed by atoms with van der Waals surface area (Å²) >= 11 is 0. The van der Waals surface area contributed by atoms with Gasteiger partial charge in [-0.05, 0) is 35.4 Å². The Labute approximate surface area is 168 Å². The standard InChI is InChI=1S/C24H21NO4/c1-2-29-22(26)14-17(19-13-7-9-16-8-3-4-10-18(16)19)15-25-23(27)20-11-5-6-12-21(20)24(25)28/h3-13,17H,2,14-15H2,1H3. The number of imide groups is 1. The molecule has 5 nitrogen and oxygen atoms in total. The van der Waals surface area contributed by atoms with Crippen LogP contribution in [-0.4, -0.2) is 35.8 Å². The fraction of sp³-hybridized carbons (Fsp3) is 0.208. The summed E-state index contributed by atoms with van der Waals surface area (Å²) in [5.74, 6) is -1.34. The summed E-state index contributed by atoms with van der Waals surface area (Å²) in [5.41, 5.74) is 1.74. The van der Waals surface area contributed by atoms with Crippen LogP contribution in [-0.2, 0) is 9.53 Å². The highest BCUT2D eigenvalue weighted by Gasteiger charge is 2.37. The van der Waals surface area contributed by atoms with Gasteiger partial charge in [0.2, 0.25) is 0 Å². The molecule has 1 heterocycles. The molecule has 2 amide bonds. The number of hydrogen-bond acceptors (Lipinski definition) is 4. The van der Waals surface area contributed by atoms with Crippen LogP contribution in [0.15, 0.2) is 66.7 Å². The molecule has 0 bridgehead atoms. The molecule has 0 fully saturated rings. The van der Waals surface area contributed by atoms with E-state index in [0.717, 1.165) is 16.3 Å². The minimum atomic E-state index is -0.359. The summed E-state index contributed by atoms with van der Waals surface area (Å²) < 4.78 is 5.16. The van der Waals surface area contributed by atoms with Gasteiger partial charge in [0.1, 0.15) is 0 Å². The van der Waals surface area contributed by atoms with E-state index in [2.05, 4.69) is 0 Å². The lowest BCUT2D eigenvalue weighted by Gasteiger charge is -2.23. The van der Waals surface area contributed by atoms with Crippen molar-refractivity contribution in [2.45, 2.75) is 19.3 Å². The molecule has 3 aromatic rings. The van der Waals surface area contributed by atoms with Crippen molar-refractivity contribution >= 4 is 28.6 Å². The summed E-state index contributed by atoms with van der Waals surface area (Å²) in [5, 5.41) is 2.04. The summed E-state index contributed by atoms with van der Waals surface area (Å²) in [7, 11) is 0. The normalized spacial score (nSPS) is 14.2. The molecule has 1 atom stereocenters. The zero-order valence-corrected chi connectivity index (χ0v) is 16.1. The van der Waals surface area contributed by atoms with Gasteiger partial charge in [-0.3, -0.25) is 19.3 Å². The van der Waals surface area contributed by atoms with Crippen LogP contribution in [0.5, 0.6) is 0 Å². The molecule has 0 radical (unpaired) electrons. The van der Waals surface area contributed by atoms with E-state index in [1.54, 1.807) is 31.2 Å². The third kappa shape index (κ3) is 3.51. The van der Waals surface area contributed by atoms with Gasteiger partial charge in [0.15, 0.2) is 0 Å². The summed E-state index contributed by atoms with van der Waals surface area (Å²) in [4.78, 5) is 39.2. The maximum atomic E-state index is 12.8. The number of carbonyl (C=O) groups is 3. The van der Waals surface area contributed by atoms with E-state index in [1.165, 1.54) is 4.90 Å². The van der Waals surface area contributed by atoms with Crippen molar-refractivity contribution in [2.75, 3.05) is 13.2 Å². The molecule has 0 aliphatic carbocycles. The van der Waals surface area contributed by atoms with Gasteiger partial charge in [0.25, 0.3) is 11.8 Å². The lowest BCUT2D eigenvalue weighted by atomic mass is 9.90. The maximum absolute atomic E-state index is 12.8. The second kappa shape index (κ2) is 7.87.